The third kappa shape index (κ3) is 2.49. The van der Waals surface area contributed by atoms with Crippen LogP contribution in [0, 0.1) is 17.8 Å². The zero-order chi connectivity index (χ0) is 9.84. The molecule has 1 aliphatic carbocycles. The summed E-state index contributed by atoms with van der Waals surface area (Å²) in [5.41, 5.74) is 0. The Hall–Kier alpha value is -0.460. The zero-order valence-corrected chi connectivity index (χ0v) is 9.34. The summed E-state index contributed by atoms with van der Waals surface area (Å²) in [5, 5.41) is 0. The Bertz CT molecular complexity index is 182. The van der Waals surface area contributed by atoms with Crippen LogP contribution in [0.3, 0.4) is 0 Å². The van der Waals surface area contributed by atoms with E-state index in [1.54, 1.807) is 7.11 Å². The van der Waals surface area contributed by atoms with Crippen molar-refractivity contribution in [1.29, 1.82) is 0 Å². The molecule has 0 N–H and O–H groups in total. The minimum Gasteiger partial charge on any atom is -0.501 e. The largest absolute Gasteiger partial charge is 0.501 e. The second-order valence-corrected chi connectivity index (χ2v) is 4.37. The van der Waals surface area contributed by atoms with Gasteiger partial charge in [0.15, 0.2) is 0 Å². The molecule has 0 spiro atoms. The summed E-state index contributed by atoms with van der Waals surface area (Å²) in [6.45, 7) is 6.91. The van der Waals surface area contributed by atoms with Crippen molar-refractivity contribution < 1.29 is 4.74 Å². The number of allylic oxidation sites excluding steroid dienone is 2. The first-order chi connectivity index (χ1) is 6.19. The number of hydrogen-bond acceptors (Lipinski definition) is 1. The topological polar surface area (TPSA) is 9.23 Å². The summed E-state index contributed by atoms with van der Waals surface area (Å²) in [5.74, 6) is 3.55. The minimum absolute atomic E-state index is 0.730. The van der Waals surface area contributed by atoms with E-state index < -0.39 is 0 Å². The molecule has 2 atom stereocenters. The van der Waals surface area contributed by atoms with Crippen molar-refractivity contribution >= 4 is 0 Å². The average molecular weight is 182 g/mol. The Morgan fingerprint density at radius 2 is 2.23 bits per heavy atom. The molecule has 76 valence electrons. The molecular formula is C12H22O. The summed E-state index contributed by atoms with van der Waals surface area (Å²) >= 11 is 0. The molecular weight excluding hydrogens is 160 g/mol. The molecule has 0 aliphatic heterocycles. The molecule has 1 heteroatoms. The van der Waals surface area contributed by atoms with E-state index >= 15 is 0 Å². The molecule has 0 saturated carbocycles. The van der Waals surface area contributed by atoms with Crippen molar-refractivity contribution in [3.8, 4) is 0 Å². The van der Waals surface area contributed by atoms with Gasteiger partial charge in [0.2, 0.25) is 0 Å². The summed E-state index contributed by atoms with van der Waals surface area (Å²) in [6.07, 6.45) is 6.09. The lowest BCUT2D eigenvalue weighted by Gasteiger charge is -2.31. The van der Waals surface area contributed by atoms with Gasteiger partial charge in [0.25, 0.3) is 0 Å². The van der Waals surface area contributed by atoms with Crippen molar-refractivity contribution in [1.82, 2.24) is 0 Å². The second kappa shape index (κ2) is 4.69. The number of rotatable bonds is 3. The predicted molar refractivity (Wildman–Crippen MR) is 56.4 cm³/mol. The molecule has 0 fully saturated rings. The van der Waals surface area contributed by atoms with E-state index in [2.05, 4.69) is 26.8 Å². The van der Waals surface area contributed by atoms with E-state index in [1.165, 1.54) is 18.6 Å². The number of hydrogen-bond donors (Lipinski definition) is 0. The first kappa shape index (κ1) is 10.6. The highest BCUT2D eigenvalue weighted by Gasteiger charge is 2.25. The van der Waals surface area contributed by atoms with Crippen LogP contribution in [0.2, 0.25) is 0 Å². The van der Waals surface area contributed by atoms with Crippen LogP contribution < -0.4 is 0 Å². The summed E-state index contributed by atoms with van der Waals surface area (Å²) in [7, 11) is 1.79. The monoisotopic (exact) mass is 182 g/mol. The average Bonchev–Trinajstić information content (AvgIpc) is 2.16. The smallest absolute Gasteiger partial charge is 0.0918 e. The zero-order valence-electron chi connectivity index (χ0n) is 9.34. The third-order valence-corrected chi connectivity index (χ3v) is 3.24. The van der Waals surface area contributed by atoms with E-state index in [9.17, 15) is 0 Å². The second-order valence-electron chi connectivity index (χ2n) is 4.37. The van der Waals surface area contributed by atoms with Gasteiger partial charge in [-0.2, -0.15) is 0 Å². The Morgan fingerprint density at radius 3 is 2.69 bits per heavy atom. The number of methoxy groups -OCH3 is 1. The number of ether oxygens (including phenoxy) is 1. The van der Waals surface area contributed by atoms with Crippen molar-refractivity contribution in [2.75, 3.05) is 7.11 Å². The molecule has 1 aliphatic rings. The molecule has 1 nitrogen and oxygen atoms in total. The van der Waals surface area contributed by atoms with E-state index in [0.29, 0.717) is 0 Å². The molecule has 0 aromatic rings. The Morgan fingerprint density at radius 1 is 1.54 bits per heavy atom. The van der Waals surface area contributed by atoms with Crippen LogP contribution in [0.4, 0.5) is 0 Å². The first-order valence-corrected chi connectivity index (χ1v) is 5.43. The highest BCUT2D eigenvalue weighted by atomic mass is 16.5. The van der Waals surface area contributed by atoms with Crippen molar-refractivity contribution in [2.45, 2.75) is 40.0 Å². The van der Waals surface area contributed by atoms with Gasteiger partial charge in [0, 0.05) is 6.42 Å². The fourth-order valence-electron chi connectivity index (χ4n) is 2.34. The van der Waals surface area contributed by atoms with E-state index in [0.717, 1.165) is 24.2 Å². The lowest BCUT2D eigenvalue weighted by molar-refractivity contribution is 0.205. The van der Waals surface area contributed by atoms with Gasteiger partial charge < -0.3 is 4.74 Å². The maximum absolute atomic E-state index is 5.33. The SMILES string of the molecule is CC[C@@H]1CCC(OC)=CC1C(C)C. The van der Waals surface area contributed by atoms with E-state index in [1.807, 2.05) is 0 Å². The molecule has 0 bridgehead atoms. The molecule has 0 aromatic carbocycles. The first-order valence-electron chi connectivity index (χ1n) is 5.43. The molecule has 1 unspecified atom stereocenters. The Labute approximate surface area is 82.2 Å². The van der Waals surface area contributed by atoms with E-state index in [-0.39, 0.29) is 0 Å². The Kier molecular flexibility index (Phi) is 3.83. The van der Waals surface area contributed by atoms with Gasteiger partial charge in [-0.25, -0.2) is 0 Å². The fourth-order valence-corrected chi connectivity index (χ4v) is 2.34. The molecule has 0 radical (unpaired) electrons. The highest BCUT2D eigenvalue weighted by molar-refractivity contribution is 5.04. The molecule has 0 heterocycles. The molecule has 0 aromatic heterocycles. The lowest BCUT2D eigenvalue weighted by Crippen LogP contribution is -2.22. The van der Waals surface area contributed by atoms with E-state index in [4.69, 9.17) is 4.74 Å². The molecule has 1 rings (SSSR count). The summed E-state index contributed by atoms with van der Waals surface area (Å²) in [4.78, 5) is 0. The van der Waals surface area contributed by atoms with Gasteiger partial charge in [-0.05, 0) is 30.3 Å². The van der Waals surface area contributed by atoms with Crippen LogP contribution in [-0.2, 0) is 4.74 Å². The van der Waals surface area contributed by atoms with Crippen molar-refractivity contribution in [2.24, 2.45) is 17.8 Å². The predicted octanol–water partition coefficient (Wildman–Crippen LogP) is 3.61. The van der Waals surface area contributed by atoms with Crippen LogP contribution in [-0.4, -0.2) is 7.11 Å². The molecule has 13 heavy (non-hydrogen) atoms. The fraction of sp³-hybridized carbons (Fsp3) is 0.833. The van der Waals surface area contributed by atoms with Crippen LogP contribution in [0.1, 0.15) is 40.0 Å². The van der Waals surface area contributed by atoms with Crippen LogP contribution in [0.15, 0.2) is 11.8 Å². The lowest BCUT2D eigenvalue weighted by atomic mass is 9.76. The summed E-state index contributed by atoms with van der Waals surface area (Å²) < 4.78 is 5.33. The summed E-state index contributed by atoms with van der Waals surface area (Å²) in [6, 6.07) is 0. The van der Waals surface area contributed by atoms with Gasteiger partial charge in [0.05, 0.1) is 12.9 Å². The minimum atomic E-state index is 0.730. The van der Waals surface area contributed by atoms with Crippen LogP contribution in [0.25, 0.3) is 0 Å². The highest BCUT2D eigenvalue weighted by Crippen LogP contribution is 2.35. The van der Waals surface area contributed by atoms with Gasteiger partial charge in [-0.1, -0.05) is 27.2 Å². The normalized spacial score (nSPS) is 28.8. The van der Waals surface area contributed by atoms with Crippen molar-refractivity contribution in [3.63, 3.8) is 0 Å². The van der Waals surface area contributed by atoms with Gasteiger partial charge in [-0.3, -0.25) is 0 Å². The van der Waals surface area contributed by atoms with Crippen LogP contribution in [0.5, 0.6) is 0 Å². The van der Waals surface area contributed by atoms with Crippen LogP contribution >= 0.6 is 0 Å². The molecule has 0 amide bonds. The van der Waals surface area contributed by atoms with Gasteiger partial charge in [-0.15, -0.1) is 0 Å². The standard InChI is InChI=1S/C12H22O/c1-5-10-6-7-11(13-4)8-12(10)9(2)3/h8-10,12H,5-7H2,1-4H3/t10-,12?/m1/s1. The molecule has 0 saturated heterocycles. The van der Waals surface area contributed by atoms with Gasteiger partial charge >= 0.3 is 0 Å². The maximum Gasteiger partial charge on any atom is 0.0918 e. The third-order valence-electron chi connectivity index (χ3n) is 3.24. The quantitative estimate of drug-likeness (QED) is 0.648. The van der Waals surface area contributed by atoms with Gasteiger partial charge in [0.1, 0.15) is 0 Å². The van der Waals surface area contributed by atoms with Crippen molar-refractivity contribution in [3.05, 3.63) is 11.8 Å². The Balaban J connectivity index is 2.70. The maximum atomic E-state index is 5.33.